The molecule has 3 N–H and O–H groups in total. The van der Waals surface area contributed by atoms with E-state index in [-0.39, 0.29) is 0 Å². The molecule has 1 unspecified atom stereocenters. The highest BCUT2D eigenvalue weighted by molar-refractivity contribution is 4.69. The number of rotatable bonds is 3. The van der Waals surface area contributed by atoms with Crippen LogP contribution in [-0.2, 0) is 0 Å². The van der Waals surface area contributed by atoms with Gasteiger partial charge in [-0.25, -0.2) is 0 Å². The Balaban J connectivity index is 3.52. The summed E-state index contributed by atoms with van der Waals surface area (Å²) in [5, 5.41) is 0. The van der Waals surface area contributed by atoms with Crippen LogP contribution in [0.3, 0.4) is 0 Å². The zero-order chi connectivity index (χ0) is 8.20. The van der Waals surface area contributed by atoms with Gasteiger partial charge < -0.3 is 0 Å². The molecule has 0 aromatic heterocycles. The van der Waals surface area contributed by atoms with Crippen LogP contribution >= 0.6 is 0 Å². The lowest BCUT2D eigenvalue weighted by Crippen LogP contribution is -2.27. The molecule has 0 rings (SSSR count). The Bertz CT molecular complexity index is 83.7. The Morgan fingerprint density at radius 2 is 1.90 bits per heavy atom. The minimum atomic E-state index is 0.414. The van der Waals surface area contributed by atoms with Crippen molar-refractivity contribution in [2.75, 3.05) is 6.54 Å². The van der Waals surface area contributed by atoms with Gasteiger partial charge in [-0.3, -0.25) is 11.3 Å². The molecule has 0 fully saturated rings. The molecule has 0 saturated carbocycles. The Labute approximate surface area is 64.2 Å². The van der Waals surface area contributed by atoms with Gasteiger partial charge in [0.1, 0.15) is 0 Å². The quantitative estimate of drug-likeness (QED) is 0.465. The first kappa shape index (κ1) is 9.92. The average Bonchev–Trinajstić information content (AvgIpc) is 1.80. The van der Waals surface area contributed by atoms with Crippen LogP contribution < -0.4 is 11.3 Å². The van der Waals surface area contributed by atoms with Crippen molar-refractivity contribution in [3.63, 3.8) is 0 Å². The molecule has 0 aromatic rings. The van der Waals surface area contributed by atoms with E-state index in [0.717, 1.165) is 18.9 Å². The van der Waals surface area contributed by atoms with E-state index in [0.29, 0.717) is 5.41 Å². The zero-order valence-corrected chi connectivity index (χ0v) is 7.57. The molecule has 0 aliphatic carbocycles. The highest BCUT2D eigenvalue weighted by atomic mass is 15.2. The van der Waals surface area contributed by atoms with Gasteiger partial charge in [0.25, 0.3) is 0 Å². The molecule has 0 amide bonds. The minimum absolute atomic E-state index is 0.414. The fraction of sp³-hybridized carbons (Fsp3) is 1.00. The molecule has 10 heavy (non-hydrogen) atoms. The Kier molecular flexibility index (Phi) is 3.91. The van der Waals surface area contributed by atoms with Crippen LogP contribution in [0.2, 0.25) is 0 Å². The third kappa shape index (κ3) is 3.85. The molecule has 0 aliphatic heterocycles. The van der Waals surface area contributed by atoms with Crippen molar-refractivity contribution in [2.24, 2.45) is 17.2 Å². The standard InChI is InChI=1S/C8H20N2/c1-7(5-6-10-9)8(2,3)4/h7,10H,5-6,9H2,1-4H3. The van der Waals surface area contributed by atoms with Crippen LogP contribution in [0.4, 0.5) is 0 Å². The second-order valence-electron chi connectivity index (χ2n) is 4.01. The molecule has 0 bridgehead atoms. The van der Waals surface area contributed by atoms with E-state index in [4.69, 9.17) is 5.84 Å². The SMILES string of the molecule is CC(CCNN)C(C)(C)C. The fourth-order valence-corrected chi connectivity index (χ4v) is 0.733. The van der Waals surface area contributed by atoms with Gasteiger partial charge in [-0.05, 0) is 17.8 Å². The van der Waals surface area contributed by atoms with E-state index in [1.54, 1.807) is 0 Å². The number of hydrogen-bond donors (Lipinski definition) is 2. The van der Waals surface area contributed by atoms with Crippen molar-refractivity contribution in [3.05, 3.63) is 0 Å². The maximum atomic E-state index is 5.17. The number of hydrogen-bond acceptors (Lipinski definition) is 2. The van der Waals surface area contributed by atoms with Gasteiger partial charge in [0.2, 0.25) is 0 Å². The number of nitrogens with one attached hydrogen (secondary N) is 1. The molecule has 0 heterocycles. The Hall–Kier alpha value is -0.0800. The van der Waals surface area contributed by atoms with E-state index in [9.17, 15) is 0 Å². The summed E-state index contributed by atoms with van der Waals surface area (Å²) in [5.41, 5.74) is 3.08. The third-order valence-electron chi connectivity index (χ3n) is 2.20. The second-order valence-corrected chi connectivity index (χ2v) is 4.01. The molecule has 0 spiro atoms. The van der Waals surface area contributed by atoms with Crippen LogP contribution in [0.1, 0.15) is 34.1 Å². The van der Waals surface area contributed by atoms with Crippen LogP contribution in [0.25, 0.3) is 0 Å². The predicted octanol–water partition coefficient (Wildman–Crippen LogP) is 1.52. The van der Waals surface area contributed by atoms with Crippen molar-refractivity contribution in [3.8, 4) is 0 Å². The summed E-state index contributed by atoms with van der Waals surface area (Å²) in [5.74, 6) is 5.90. The lowest BCUT2D eigenvalue weighted by molar-refractivity contribution is 0.245. The van der Waals surface area contributed by atoms with Crippen molar-refractivity contribution < 1.29 is 0 Å². The highest BCUT2D eigenvalue weighted by Crippen LogP contribution is 2.27. The summed E-state index contributed by atoms with van der Waals surface area (Å²) in [6, 6.07) is 0. The lowest BCUT2D eigenvalue weighted by Gasteiger charge is -2.26. The first-order valence-corrected chi connectivity index (χ1v) is 3.92. The van der Waals surface area contributed by atoms with Crippen LogP contribution in [0, 0.1) is 11.3 Å². The molecule has 0 aromatic carbocycles. The average molecular weight is 144 g/mol. The van der Waals surface area contributed by atoms with E-state index in [1.165, 1.54) is 0 Å². The molecule has 0 aliphatic rings. The maximum absolute atomic E-state index is 5.17. The van der Waals surface area contributed by atoms with Gasteiger partial charge in [-0.1, -0.05) is 27.7 Å². The fourth-order valence-electron chi connectivity index (χ4n) is 0.733. The lowest BCUT2D eigenvalue weighted by atomic mass is 9.80. The van der Waals surface area contributed by atoms with E-state index in [2.05, 4.69) is 33.1 Å². The molecule has 2 nitrogen and oxygen atoms in total. The first-order valence-electron chi connectivity index (χ1n) is 3.92. The summed E-state index contributed by atoms with van der Waals surface area (Å²) in [4.78, 5) is 0. The number of hydrazine groups is 1. The van der Waals surface area contributed by atoms with Gasteiger partial charge >= 0.3 is 0 Å². The van der Waals surface area contributed by atoms with Crippen LogP contribution in [0.15, 0.2) is 0 Å². The Morgan fingerprint density at radius 3 is 2.20 bits per heavy atom. The molecular formula is C8H20N2. The van der Waals surface area contributed by atoms with Crippen molar-refractivity contribution in [1.82, 2.24) is 5.43 Å². The second kappa shape index (κ2) is 3.94. The summed E-state index contributed by atoms with van der Waals surface area (Å²) in [7, 11) is 0. The molecule has 0 saturated heterocycles. The largest absolute Gasteiger partial charge is 0.271 e. The van der Waals surface area contributed by atoms with Crippen molar-refractivity contribution >= 4 is 0 Å². The minimum Gasteiger partial charge on any atom is -0.271 e. The monoisotopic (exact) mass is 144 g/mol. The van der Waals surface area contributed by atoms with Gasteiger partial charge in [-0.15, -0.1) is 0 Å². The van der Waals surface area contributed by atoms with Gasteiger partial charge in [-0.2, -0.15) is 0 Å². The van der Waals surface area contributed by atoms with Gasteiger partial charge in [0.05, 0.1) is 0 Å². The van der Waals surface area contributed by atoms with Gasteiger partial charge in [0.15, 0.2) is 0 Å². The van der Waals surface area contributed by atoms with Crippen molar-refractivity contribution in [1.29, 1.82) is 0 Å². The summed E-state index contributed by atoms with van der Waals surface area (Å²) < 4.78 is 0. The topological polar surface area (TPSA) is 38.0 Å². The highest BCUT2D eigenvalue weighted by Gasteiger charge is 2.18. The molecule has 0 radical (unpaired) electrons. The predicted molar refractivity (Wildman–Crippen MR) is 45.4 cm³/mol. The number of nitrogens with two attached hydrogens (primary N) is 1. The summed E-state index contributed by atoms with van der Waals surface area (Å²) in [6.45, 7) is 9.95. The molecule has 62 valence electrons. The van der Waals surface area contributed by atoms with Crippen molar-refractivity contribution in [2.45, 2.75) is 34.1 Å². The van der Waals surface area contributed by atoms with Crippen LogP contribution in [0.5, 0.6) is 0 Å². The smallest absolute Gasteiger partial charge is 0.0100 e. The molecule has 2 heteroatoms. The molecule has 1 atom stereocenters. The van der Waals surface area contributed by atoms with Crippen LogP contribution in [-0.4, -0.2) is 6.54 Å². The normalized spacial score (nSPS) is 15.3. The Morgan fingerprint density at radius 1 is 1.40 bits per heavy atom. The summed E-state index contributed by atoms with van der Waals surface area (Å²) >= 11 is 0. The van der Waals surface area contributed by atoms with E-state index in [1.807, 2.05) is 0 Å². The van der Waals surface area contributed by atoms with Gasteiger partial charge in [0, 0.05) is 6.54 Å². The zero-order valence-electron chi connectivity index (χ0n) is 7.57. The summed E-state index contributed by atoms with van der Waals surface area (Å²) in [6.07, 6.45) is 1.15. The first-order chi connectivity index (χ1) is 4.48. The molecular weight excluding hydrogens is 124 g/mol. The van der Waals surface area contributed by atoms with E-state index >= 15 is 0 Å². The maximum Gasteiger partial charge on any atom is 0.0100 e. The van der Waals surface area contributed by atoms with E-state index < -0.39 is 0 Å². The third-order valence-corrected chi connectivity index (χ3v) is 2.20.